The molecule has 0 saturated carbocycles. The summed E-state index contributed by atoms with van der Waals surface area (Å²) in [5, 5.41) is 4.14. The predicted molar refractivity (Wildman–Crippen MR) is 93.9 cm³/mol. The Bertz CT molecular complexity index is 980. The van der Waals surface area contributed by atoms with E-state index in [0.29, 0.717) is 33.4 Å². The van der Waals surface area contributed by atoms with Gasteiger partial charge in [-0.2, -0.15) is 4.98 Å². The van der Waals surface area contributed by atoms with Crippen LogP contribution in [0.2, 0.25) is 5.02 Å². The van der Waals surface area contributed by atoms with Gasteiger partial charge in [-0.1, -0.05) is 11.6 Å². The zero-order valence-electron chi connectivity index (χ0n) is 13.0. The first-order chi connectivity index (χ1) is 10.9. The fourth-order valence-corrected chi connectivity index (χ4v) is 2.84. The number of benzene rings is 1. The van der Waals surface area contributed by atoms with E-state index in [0.717, 1.165) is 10.9 Å². The quantitative estimate of drug-likeness (QED) is 0.706. The molecule has 0 fully saturated rings. The van der Waals surface area contributed by atoms with E-state index < -0.39 is 0 Å². The zero-order valence-corrected chi connectivity index (χ0v) is 13.8. The third kappa shape index (κ3) is 2.41. The van der Waals surface area contributed by atoms with Gasteiger partial charge in [0.1, 0.15) is 5.65 Å². The lowest BCUT2D eigenvalue weighted by Gasteiger charge is -2.14. The molecule has 0 saturated heterocycles. The number of hydrogen-bond donors (Lipinski definition) is 2. The molecule has 0 aliphatic carbocycles. The summed E-state index contributed by atoms with van der Waals surface area (Å²) >= 11 is 6.28. The van der Waals surface area contributed by atoms with Crippen molar-refractivity contribution in [1.29, 1.82) is 0 Å². The van der Waals surface area contributed by atoms with Crippen LogP contribution in [0, 0.1) is 6.92 Å². The second-order valence-corrected chi connectivity index (χ2v) is 5.69. The van der Waals surface area contributed by atoms with E-state index >= 15 is 0 Å². The number of aryl methyl sites for hydroxylation is 2. The van der Waals surface area contributed by atoms with E-state index in [1.165, 1.54) is 4.57 Å². The number of anilines is 2. The molecule has 3 rings (SSSR count). The average molecular weight is 330 g/mol. The number of aromatic nitrogens is 3. The molecule has 3 N–H and O–H groups in total. The minimum Gasteiger partial charge on any atom is -0.399 e. The molecule has 0 spiro atoms. The predicted octanol–water partition coefficient (Wildman–Crippen LogP) is 2.58. The minimum atomic E-state index is -0.178. The van der Waals surface area contributed by atoms with Crippen molar-refractivity contribution in [3.05, 3.63) is 45.3 Å². The molecule has 7 heteroatoms. The smallest absolute Gasteiger partial charge is 0.260 e. The van der Waals surface area contributed by atoms with Crippen LogP contribution in [-0.4, -0.2) is 21.6 Å². The van der Waals surface area contributed by atoms with Gasteiger partial charge < -0.3 is 11.1 Å². The summed E-state index contributed by atoms with van der Waals surface area (Å²) in [5.41, 5.74) is 8.69. The van der Waals surface area contributed by atoms with Gasteiger partial charge in [0.15, 0.2) is 0 Å². The van der Waals surface area contributed by atoms with Crippen LogP contribution >= 0.6 is 11.6 Å². The van der Waals surface area contributed by atoms with Crippen LogP contribution in [0.1, 0.15) is 5.56 Å². The molecule has 0 amide bonds. The van der Waals surface area contributed by atoms with Gasteiger partial charge in [0.25, 0.3) is 5.56 Å². The van der Waals surface area contributed by atoms with Gasteiger partial charge in [0.2, 0.25) is 5.95 Å². The third-order valence-electron chi connectivity index (χ3n) is 3.87. The van der Waals surface area contributed by atoms with Crippen molar-refractivity contribution in [1.82, 2.24) is 14.5 Å². The van der Waals surface area contributed by atoms with Crippen molar-refractivity contribution < 1.29 is 0 Å². The lowest BCUT2D eigenvalue weighted by atomic mass is 9.99. The van der Waals surface area contributed by atoms with Crippen molar-refractivity contribution in [3.8, 4) is 11.1 Å². The van der Waals surface area contributed by atoms with Gasteiger partial charge in [-0.15, -0.1) is 0 Å². The number of hydrogen-bond acceptors (Lipinski definition) is 5. The monoisotopic (exact) mass is 329 g/mol. The SMILES string of the molecule is CNc1ncc2c(C)c(-c3cc(N)ccc3Cl)c(=O)n(C)c2n1. The van der Waals surface area contributed by atoms with Crippen molar-refractivity contribution in [2.75, 3.05) is 18.1 Å². The van der Waals surface area contributed by atoms with E-state index in [2.05, 4.69) is 15.3 Å². The largest absolute Gasteiger partial charge is 0.399 e. The number of nitrogens with one attached hydrogen (secondary N) is 1. The first-order valence-corrected chi connectivity index (χ1v) is 7.41. The highest BCUT2D eigenvalue weighted by molar-refractivity contribution is 6.33. The van der Waals surface area contributed by atoms with Gasteiger partial charge in [-0.25, -0.2) is 4.98 Å². The van der Waals surface area contributed by atoms with E-state index in [4.69, 9.17) is 17.3 Å². The lowest BCUT2D eigenvalue weighted by Crippen LogP contribution is -2.22. The highest BCUT2D eigenvalue weighted by Gasteiger charge is 2.17. The fraction of sp³-hybridized carbons (Fsp3) is 0.188. The van der Waals surface area contributed by atoms with Gasteiger partial charge >= 0.3 is 0 Å². The first kappa shape index (κ1) is 15.3. The van der Waals surface area contributed by atoms with Crippen LogP contribution in [0.4, 0.5) is 11.6 Å². The molecule has 0 aliphatic heterocycles. The lowest BCUT2D eigenvalue weighted by molar-refractivity contribution is 0.883. The van der Waals surface area contributed by atoms with Crippen molar-refractivity contribution in [2.45, 2.75) is 6.92 Å². The number of rotatable bonds is 2. The Labute approximate surface area is 137 Å². The molecule has 1 aromatic carbocycles. The van der Waals surface area contributed by atoms with Gasteiger partial charge in [0, 0.05) is 42.0 Å². The third-order valence-corrected chi connectivity index (χ3v) is 4.20. The maximum atomic E-state index is 12.8. The summed E-state index contributed by atoms with van der Waals surface area (Å²) in [6.07, 6.45) is 1.70. The molecular weight excluding hydrogens is 314 g/mol. The van der Waals surface area contributed by atoms with Crippen LogP contribution in [0.15, 0.2) is 29.2 Å². The van der Waals surface area contributed by atoms with Crippen molar-refractivity contribution in [2.24, 2.45) is 7.05 Å². The Morgan fingerprint density at radius 2 is 2.09 bits per heavy atom. The number of fused-ring (bicyclic) bond motifs is 1. The van der Waals surface area contributed by atoms with Crippen LogP contribution in [0.3, 0.4) is 0 Å². The van der Waals surface area contributed by atoms with E-state index in [1.54, 1.807) is 38.5 Å². The molecule has 0 radical (unpaired) electrons. The summed E-state index contributed by atoms with van der Waals surface area (Å²) in [5.74, 6) is 0.460. The second-order valence-electron chi connectivity index (χ2n) is 5.28. The summed E-state index contributed by atoms with van der Waals surface area (Å²) in [6, 6.07) is 5.10. The number of nitrogens with zero attached hydrogens (tertiary/aromatic N) is 3. The van der Waals surface area contributed by atoms with Crippen molar-refractivity contribution in [3.63, 3.8) is 0 Å². The normalized spacial score (nSPS) is 11.0. The molecule has 0 bridgehead atoms. The number of halogens is 1. The highest BCUT2D eigenvalue weighted by Crippen LogP contribution is 2.32. The molecule has 6 nitrogen and oxygen atoms in total. The molecule has 0 atom stereocenters. The van der Waals surface area contributed by atoms with Crippen molar-refractivity contribution >= 4 is 34.3 Å². The molecule has 23 heavy (non-hydrogen) atoms. The summed E-state index contributed by atoms with van der Waals surface area (Å²) in [7, 11) is 3.41. The van der Waals surface area contributed by atoms with Crippen LogP contribution in [0.25, 0.3) is 22.2 Å². The second kappa shape index (κ2) is 5.55. The van der Waals surface area contributed by atoms with Crippen LogP contribution in [0.5, 0.6) is 0 Å². The Balaban J connectivity index is 2.44. The molecule has 0 unspecified atom stereocenters. The minimum absolute atomic E-state index is 0.178. The molecule has 3 aromatic rings. The summed E-state index contributed by atoms with van der Waals surface area (Å²) in [6.45, 7) is 1.86. The Morgan fingerprint density at radius 1 is 1.35 bits per heavy atom. The Kier molecular flexibility index (Phi) is 3.69. The molecule has 118 valence electrons. The first-order valence-electron chi connectivity index (χ1n) is 7.03. The summed E-state index contributed by atoms with van der Waals surface area (Å²) in [4.78, 5) is 21.5. The standard InChI is InChI=1S/C16H16ClN5O/c1-8-11-7-20-16(19-2)21-14(11)22(3)15(23)13(8)10-6-9(18)4-5-12(10)17/h4-7H,18H2,1-3H3,(H,19,20,21). The molecular formula is C16H16ClN5O. The van der Waals surface area contributed by atoms with E-state index in [9.17, 15) is 4.79 Å². The number of nitrogens with two attached hydrogens (primary N) is 1. The maximum Gasteiger partial charge on any atom is 0.260 e. The summed E-state index contributed by atoms with van der Waals surface area (Å²) < 4.78 is 1.50. The topological polar surface area (TPSA) is 85.8 Å². The maximum absolute atomic E-state index is 12.8. The molecule has 0 aliphatic rings. The van der Waals surface area contributed by atoms with Crippen LogP contribution < -0.4 is 16.6 Å². The number of nitrogen functional groups attached to an aromatic ring is 1. The fourth-order valence-electron chi connectivity index (χ4n) is 2.62. The van der Waals surface area contributed by atoms with E-state index in [-0.39, 0.29) is 5.56 Å². The number of pyridine rings is 1. The van der Waals surface area contributed by atoms with Gasteiger partial charge in [-0.05, 0) is 30.7 Å². The van der Waals surface area contributed by atoms with Gasteiger partial charge in [-0.3, -0.25) is 9.36 Å². The highest BCUT2D eigenvalue weighted by atomic mass is 35.5. The zero-order chi connectivity index (χ0) is 16.7. The Hall–Kier alpha value is -2.60. The Morgan fingerprint density at radius 3 is 2.78 bits per heavy atom. The van der Waals surface area contributed by atoms with Crippen LogP contribution in [-0.2, 0) is 7.05 Å². The average Bonchev–Trinajstić information content (AvgIpc) is 2.55. The van der Waals surface area contributed by atoms with Gasteiger partial charge in [0.05, 0.1) is 5.56 Å². The van der Waals surface area contributed by atoms with E-state index in [1.807, 2.05) is 6.92 Å². The molecule has 2 aromatic heterocycles. The molecule has 2 heterocycles.